The highest BCUT2D eigenvalue weighted by Crippen LogP contribution is 2.09. The Morgan fingerprint density at radius 3 is 2.83 bits per heavy atom. The summed E-state index contributed by atoms with van der Waals surface area (Å²) in [5.41, 5.74) is 8.24. The molecule has 0 bridgehead atoms. The maximum atomic E-state index is 5.89. The van der Waals surface area contributed by atoms with E-state index in [1.165, 1.54) is 5.56 Å². The Kier molecular flexibility index (Phi) is 8.77. The van der Waals surface area contributed by atoms with Crippen LogP contribution in [0.4, 0.5) is 0 Å². The smallest absolute Gasteiger partial charge is 0.189 e. The molecule has 1 heterocycles. The van der Waals surface area contributed by atoms with Crippen molar-refractivity contribution < 1.29 is 4.74 Å². The molecule has 0 amide bonds. The van der Waals surface area contributed by atoms with E-state index >= 15 is 0 Å². The maximum absolute atomic E-state index is 5.89. The summed E-state index contributed by atoms with van der Waals surface area (Å²) in [7, 11) is 1.67. The van der Waals surface area contributed by atoms with Crippen molar-refractivity contribution in [1.29, 1.82) is 0 Å². The number of nitrogens with zero attached hydrogens (tertiary/aromatic N) is 3. The number of aryl methyl sites for hydroxylation is 1. The first-order valence-corrected chi connectivity index (χ1v) is 7.69. The van der Waals surface area contributed by atoms with E-state index in [4.69, 9.17) is 10.5 Å². The average Bonchev–Trinajstić information content (AvgIpc) is 2.91. The summed E-state index contributed by atoms with van der Waals surface area (Å²) in [6.07, 6.45) is 3.80. The van der Waals surface area contributed by atoms with E-state index in [9.17, 15) is 0 Å². The normalized spacial score (nSPS) is 12.5. The van der Waals surface area contributed by atoms with Gasteiger partial charge in [-0.05, 0) is 25.0 Å². The molecule has 1 aromatic heterocycles. The number of aromatic nitrogens is 2. The van der Waals surface area contributed by atoms with Crippen LogP contribution in [0.3, 0.4) is 0 Å². The summed E-state index contributed by atoms with van der Waals surface area (Å²) in [5.74, 6) is 1.44. The maximum Gasteiger partial charge on any atom is 0.189 e. The lowest BCUT2D eigenvalue weighted by Gasteiger charge is -2.13. The number of aliphatic imine (C=N–C) groups is 1. The number of hydrogen-bond donors (Lipinski definition) is 2. The van der Waals surface area contributed by atoms with Crippen LogP contribution in [0.25, 0.3) is 0 Å². The highest BCUT2D eigenvalue weighted by Gasteiger charge is 2.03. The van der Waals surface area contributed by atoms with Crippen molar-refractivity contribution in [2.75, 3.05) is 13.7 Å². The average molecular weight is 443 g/mol. The fourth-order valence-corrected chi connectivity index (χ4v) is 2.36. The Hall–Kier alpha value is -1.61. The Bertz CT molecular complexity index is 656. The first-order chi connectivity index (χ1) is 11.1. The van der Waals surface area contributed by atoms with Crippen LogP contribution in [-0.4, -0.2) is 35.3 Å². The van der Waals surface area contributed by atoms with E-state index < -0.39 is 0 Å². The summed E-state index contributed by atoms with van der Waals surface area (Å²) in [6, 6.07) is 8.49. The van der Waals surface area contributed by atoms with Gasteiger partial charge in [-0.25, -0.2) is 9.98 Å². The predicted octanol–water partition coefficient (Wildman–Crippen LogP) is 2.30. The minimum Gasteiger partial charge on any atom is -0.383 e. The third-order valence-electron chi connectivity index (χ3n) is 3.51. The van der Waals surface area contributed by atoms with Crippen molar-refractivity contribution in [3.05, 3.63) is 53.6 Å². The van der Waals surface area contributed by atoms with Crippen LogP contribution in [0.5, 0.6) is 0 Å². The van der Waals surface area contributed by atoms with Gasteiger partial charge in [-0.15, -0.1) is 24.0 Å². The Balaban J connectivity index is 0.00000288. The minimum atomic E-state index is 0. The molecule has 1 atom stereocenters. The van der Waals surface area contributed by atoms with Gasteiger partial charge in [-0.2, -0.15) is 0 Å². The lowest BCUT2D eigenvalue weighted by molar-refractivity contribution is 0.179. The van der Waals surface area contributed by atoms with Gasteiger partial charge in [0.05, 0.1) is 13.2 Å². The first kappa shape index (κ1) is 20.4. The van der Waals surface area contributed by atoms with Crippen molar-refractivity contribution in [2.24, 2.45) is 10.7 Å². The van der Waals surface area contributed by atoms with Crippen molar-refractivity contribution >= 4 is 29.9 Å². The standard InChI is InChI=1S/C17H25N5O.HI/c1-13(12-23-3)21-17(18)20-10-15-5-4-6-16(9-15)11-22-8-7-19-14(22)2;/h4-9,13H,10-12H2,1-3H3,(H3,18,20,21);1H. The molecule has 2 rings (SSSR count). The van der Waals surface area contributed by atoms with Gasteiger partial charge < -0.3 is 20.4 Å². The third-order valence-corrected chi connectivity index (χ3v) is 3.51. The van der Waals surface area contributed by atoms with Gasteiger partial charge in [0.2, 0.25) is 0 Å². The van der Waals surface area contributed by atoms with Crippen LogP contribution in [0.2, 0.25) is 0 Å². The van der Waals surface area contributed by atoms with Gasteiger partial charge >= 0.3 is 0 Å². The van der Waals surface area contributed by atoms with E-state index in [0.717, 1.165) is 17.9 Å². The fraction of sp³-hybridized carbons (Fsp3) is 0.412. The summed E-state index contributed by atoms with van der Waals surface area (Å²) in [6.45, 7) is 5.95. The predicted molar refractivity (Wildman–Crippen MR) is 108 cm³/mol. The number of ether oxygens (including phenoxy) is 1. The summed E-state index contributed by atoms with van der Waals surface area (Å²) in [5, 5.41) is 3.10. The molecule has 0 aliphatic rings. The molecule has 0 radical (unpaired) electrons. The van der Waals surface area contributed by atoms with Gasteiger partial charge in [0.1, 0.15) is 5.82 Å². The van der Waals surface area contributed by atoms with Crippen molar-refractivity contribution in [3.63, 3.8) is 0 Å². The van der Waals surface area contributed by atoms with E-state index in [0.29, 0.717) is 19.1 Å². The summed E-state index contributed by atoms with van der Waals surface area (Å²) in [4.78, 5) is 8.62. The quantitative estimate of drug-likeness (QED) is 0.391. The van der Waals surface area contributed by atoms with Crippen LogP contribution in [0.1, 0.15) is 23.9 Å². The highest BCUT2D eigenvalue weighted by atomic mass is 127. The first-order valence-electron chi connectivity index (χ1n) is 7.69. The molecule has 6 nitrogen and oxygen atoms in total. The van der Waals surface area contributed by atoms with E-state index in [-0.39, 0.29) is 30.0 Å². The third kappa shape index (κ3) is 6.48. The highest BCUT2D eigenvalue weighted by molar-refractivity contribution is 14.0. The number of nitrogens with one attached hydrogen (secondary N) is 1. The molecule has 0 fully saturated rings. The largest absolute Gasteiger partial charge is 0.383 e. The van der Waals surface area contributed by atoms with Crippen LogP contribution < -0.4 is 11.1 Å². The summed E-state index contributed by atoms with van der Waals surface area (Å²) < 4.78 is 7.18. The molecule has 3 N–H and O–H groups in total. The number of benzene rings is 1. The molecule has 132 valence electrons. The van der Waals surface area contributed by atoms with Crippen LogP contribution in [0, 0.1) is 6.92 Å². The second kappa shape index (κ2) is 10.3. The topological polar surface area (TPSA) is 77.5 Å². The van der Waals surface area contributed by atoms with Crippen molar-refractivity contribution in [1.82, 2.24) is 14.9 Å². The number of imidazole rings is 1. The molecule has 1 aromatic carbocycles. The zero-order valence-corrected chi connectivity index (χ0v) is 16.7. The van der Waals surface area contributed by atoms with Crippen LogP contribution in [0.15, 0.2) is 41.7 Å². The van der Waals surface area contributed by atoms with E-state index in [1.54, 1.807) is 7.11 Å². The molecule has 7 heteroatoms. The molecule has 0 aliphatic heterocycles. The van der Waals surface area contributed by atoms with Crippen molar-refractivity contribution in [3.8, 4) is 0 Å². The van der Waals surface area contributed by atoms with Gasteiger partial charge in [-0.1, -0.05) is 24.3 Å². The van der Waals surface area contributed by atoms with Gasteiger partial charge in [0.15, 0.2) is 5.96 Å². The van der Waals surface area contributed by atoms with Crippen molar-refractivity contribution in [2.45, 2.75) is 33.0 Å². The lowest BCUT2D eigenvalue weighted by atomic mass is 10.1. The van der Waals surface area contributed by atoms with Gasteiger partial charge in [-0.3, -0.25) is 0 Å². The van der Waals surface area contributed by atoms with Crippen LogP contribution in [-0.2, 0) is 17.8 Å². The molecule has 24 heavy (non-hydrogen) atoms. The molecule has 0 aliphatic carbocycles. The number of halogens is 1. The zero-order valence-electron chi connectivity index (χ0n) is 14.4. The van der Waals surface area contributed by atoms with E-state index in [1.807, 2.05) is 32.3 Å². The molecule has 0 spiro atoms. The number of rotatable bonds is 7. The van der Waals surface area contributed by atoms with Crippen LogP contribution >= 0.6 is 24.0 Å². The lowest BCUT2D eigenvalue weighted by Crippen LogP contribution is -2.40. The van der Waals surface area contributed by atoms with Gasteiger partial charge in [0.25, 0.3) is 0 Å². The molecule has 0 saturated heterocycles. The van der Waals surface area contributed by atoms with E-state index in [2.05, 4.69) is 38.1 Å². The summed E-state index contributed by atoms with van der Waals surface area (Å²) >= 11 is 0. The SMILES string of the molecule is COCC(C)NC(N)=NCc1cccc(Cn2ccnc2C)c1.I. The Labute approximate surface area is 160 Å². The molecular formula is C17H26IN5O. The zero-order chi connectivity index (χ0) is 16.7. The fourth-order valence-electron chi connectivity index (χ4n) is 2.36. The molecule has 0 saturated carbocycles. The number of guanidine groups is 1. The Morgan fingerprint density at radius 2 is 2.17 bits per heavy atom. The second-order valence-electron chi connectivity index (χ2n) is 5.62. The minimum absolute atomic E-state index is 0. The van der Waals surface area contributed by atoms with Gasteiger partial charge in [0, 0.05) is 32.1 Å². The molecule has 2 aromatic rings. The monoisotopic (exact) mass is 443 g/mol. The second-order valence-corrected chi connectivity index (χ2v) is 5.62. The number of nitrogens with two attached hydrogens (primary N) is 1. The number of methoxy groups -OCH3 is 1. The Morgan fingerprint density at radius 1 is 1.42 bits per heavy atom. The number of hydrogen-bond acceptors (Lipinski definition) is 3. The molecular weight excluding hydrogens is 417 g/mol. The molecule has 1 unspecified atom stereocenters.